The Morgan fingerprint density at radius 3 is 2.67 bits per heavy atom. The molecule has 1 amide bonds. The summed E-state index contributed by atoms with van der Waals surface area (Å²) in [5.74, 6) is -0.00277. The molecule has 0 aromatic carbocycles. The summed E-state index contributed by atoms with van der Waals surface area (Å²) >= 11 is 0. The van der Waals surface area contributed by atoms with Crippen LogP contribution in [0.4, 0.5) is 0 Å². The average Bonchev–Trinajstić information content (AvgIpc) is 2.96. The van der Waals surface area contributed by atoms with Gasteiger partial charge in [0.1, 0.15) is 10.9 Å². The lowest BCUT2D eigenvalue weighted by molar-refractivity contribution is -0.193. The lowest BCUT2D eigenvalue weighted by Crippen LogP contribution is -2.73. The van der Waals surface area contributed by atoms with Crippen LogP contribution in [-0.4, -0.2) is 78.3 Å². The Hall–Kier alpha value is -1.45. The highest BCUT2D eigenvalue weighted by molar-refractivity contribution is 7.92. The zero-order chi connectivity index (χ0) is 17.0. The van der Waals surface area contributed by atoms with Gasteiger partial charge in [-0.15, -0.1) is 0 Å². The Morgan fingerprint density at radius 1 is 1.38 bits per heavy atom. The molecule has 3 aliphatic rings. The number of amides is 1. The lowest BCUT2D eigenvalue weighted by Gasteiger charge is -2.54. The molecule has 0 radical (unpaired) electrons. The minimum atomic E-state index is -3.28. The minimum Gasteiger partial charge on any atom is -0.379 e. The highest BCUT2D eigenvalue weighted by atomic mass is 32.2. The quantitative estimate of drug-likeness (QED) is 0.713. The van der Waals surface area contributed by atoms with E-state index in [1.54, 1.807) is 28.2 Å². The molecule has 1 spiro atoms. The van der Waals surface area contributed by atoms with Crippen LogP contribution in [0.3, 0.4) is 0 Å². The van der Waals surface area contributed by atoms with E-state index in [1.165, 1.54) is 0 Å². The molecule has 4 rings (SSSR count). The van der Waals surface area contributed by atoms with E-state index in [2.05, 4.69) is 4.98 Å². The van der Waals surface area contributed by atoms with Gasteiger partial charge < -0.3 is 18.9 Å². The third-order valence-electron chi connectivity index (χ3n) is 5.12. The monoisotopic (exact) mass is 355 g/mol. The maximum Gasteiger partial charge on any atom is 0.233 e. The van der Waals surface area contributed by atoms with Crippen LogP contribution >= 0.6 is 0 Å². The first-order valence-electron chi connectivity index (χ1n) is 8.00. The van der Waals surface area contributed by atoms with E-state index >= 15 is 0 Å². The van der Waals surface area contributed by atoms with Crippen molar-refractivity contribution in [3.05, 3.63) is 18.7 Å². The number of ether oxygens (including phenoxy) is 2. The van der Waals surface area contributed by atoms with E-state index in [0.717, 1.165) is 0 Å². The predicted octanol–water partition coefficient (Wildman–Crippen LogP) is -0.686. The number of rotatable bonds is 3. The van der Waals surface area contributed by atoms with Crippen LogP contribution in [0, 0.1) is 5.41 Å². The molecule has 1 aromatic rings. The van der Waals surface area contributed by atoms with E-state index in [9.17, 15) is 13.2 Å². The fourth-order valence-electron chi connectivity index (χ4n) is 3.58. The molecular weight excluding hydrogens is 334 g/mol. The summed E-state index contributed by atoms with van der Waals surface area (Å²) in [6.45, 7) is 3.93. The van der Waals surface area contributed by atoms with Gasteiger partial charge in [0.05, 0.1) is 50.4 Å². The number of imidazole rings is 1. The lowest BCUT2D eigenvalue weighted by atomic mass is 9.83. The zero-order valence-electron chi connectivity index (χ0n) is 13.6. The first-order chi connectivity index (χ1) is 11.3. The molecule has 3 fully saturated rings. The van der Waals surface area contributed by atoms with Gasteiger partial charge in [0, 0.05) is 18.9 Å². The molecule has 1 atom stereocenters. The third kappa shape index (κ3) is 2.55. The first kappa shape index (κ1) is 16.0. The molecule has 9 heteroatoms. The predicted molar refractivity (Wildman–Crippen MR) is 84.0 cm³/mol. The summed E-state index contributed by atoms with van der Waals surface area (Å²) in [6, 6.07) is 0. The van der Waals surface area contributed by atoms with Gasteiger partial charge in [0.2, 0.25) is 5.91 Å². The Bertz CT molecular complexity index is 735. The summed E-state index contributed by atoms with van der Waals surface area (Å²) in [5.41, 5.74) is -1.19. The molecule has 0 unspecified atom stereocenters. The van der Waals surface area contributed by atoms with Crippen LogP contribution in [0.1, 0.15) is 6.92 Å². The van der Waals surface area contributed by atoms with Gasteiger partial charge in [-0.05, 0) is 6.92 Å². The van der Waals surface area contributed by atoms with Crippen molar-refractivity contribution in [1.82, 2.24) is 14.5 Å². The van der Waals surface area contributed by atoms with Crippen LogP contribution in [0.5, 0.6) is 0 Å². The van der Waals surface area contributed by atoms with Crippen molar-refractivity contribution in [3.8, 4) is 0 Å². The number of nitrogens with zero attached hydrogens (tertiary/aromatic N) is 3. The Labute approximate surface area is 140 Å². The zero-order valence-corrected chi connectivity index (χ0v) is 14.4. The molecule has 0 saturated carbocycles. The molecule has 3 saturated heterocycles. The molecule has 3 aliphatic heterocycles. The largest absolute Gasteiger partial charge is 0.379 e. The van der Waals surface area contributed by atoms with Crippen LogP contribution in [0.25, 0.3) is 0 Å². The number of sulfone groups is 1. The second kappa shape index (κ2) is 5.27. The SMILES string of the molecule is CC1(C(=O)N2CC3(C2)CS(=O)(=O)[C@@H](Cn2ccnc2)CO3)COC1. The van der Waals surface area contributed by atoms with Crippen molar-refractivity contribution >= 4 is 15.7 Å². The Balaban J connectivity index is 1.39. The van der Waals surface area contributed by atoms with Gasteiger partial charge in [0.25, 0.3) is 0 Å². The van der Waals surface area contributed by atoms with Crippen molar-refractivity contribution < 1.29 is 22.7 Å². The molecule has 0 N–H and O–H groups in total. The molecule has 24 heavy (non-hydrogen) atoms. The van der Waals surface area contributed by atoms with Gasteiger partial charge in [-0.25, -0.2) is 13.4 Å². The van der Waals surface area contributed by atoms with E-state index in [1.807, 2.05) is 6.92 Å². The molecule has 0 bridgehead atoms. The molecule has 1 aromatic heterocycles. The van der Waals surface area contributed by atoms with Gasteiger partial charge in [-0.3, -0.25) is 4.79 Å². The van der Waals surface area contributed by atoms with Crippen molar-refractivity contribution in [1.29, 1.82) is 0 Å². The standard InChI is InChI=1S/C15H21N3O5S/c1-14(8-22-9-14)13(19)18-6-15(7-18)10-24(20,21)12(5-23-15)4-17-3-2-16-11-17/h2-3,11-12H,4-10H2,1H3/t12-/m0/s1. The van der Waals surface area contributed by atoms with E-state index < -0.39 is 26.1 Å². The van der Waals surface area contributed by atoms with Gasteiger partial charge in [-0.2, -0.15) is 0 Å². The molecule has 4 heterocycles. The number of carbonyl (C=O) groups is 1. The Morgan fingerprint density at radius 2 is 2.12 bits per heavy atom. The fraction of sp³-hybridized carbons (Fsp3) is 0.733. The highest BCUT2D eigenvalue weighted by Crippen LogP contribution is 2.37. The number of aromatic nitrogens is 2. The summed E-state index contributed by atoms with van der Waals surface area (Å²) in [6.07, 6.45) is 4.97. The number of hydrogen-bond donors (Lipinski definition) is 0. The Kier molecular flexibility index (Phi) is 3.52. The molecule has 132 valence electrons. The van der Waals surface area contributed by atoms with Crippen LogP contribution < -0.4 is 0 Å². The number of likely N-dealkylation sites (tertiary alicyclic amines) is 1. The average molecular weight is 355 g/mol. The van der Waals surface area contributed by atoms with Crippen LogP contribution in [-0.2, 0) is 30.7 Å². The smallest absolute Gasteiger partial charge is 0.233 e. The summed E-state index contributed by atoms with van der Waals surface area (Å²) in [7, 11) is -3.28. The van der Waals surface area contributed by atoms with Crippen molar-refractivity contribution in [2.24, 2.45) is 5.41 Å². The van der Waals surface area contributed by atoms with Gasteiger partial charge in [-0.1, -0.05) is 0 Å². The van der Waals surface area contributed by atoms with Crippen molar-refractivity contribution in [2.75, 3.05) is 38.7 Å². The summed E-state index contributed by atoms with van der Waals surface area (Å²) in [4.78, 5) is 18.0. The van der Waals surface area contributed by atoms with Crippen LogP contribution in [0.15, 0.2) is 18.7 Å². The second-order valence-corrected chi connectivity index (χ2v) is 9.68. The third-order valence-corrected chi connectivity index (χ3v) is 7.35. The fourth-order valence-corrected chi connectivity index (χ4v) is 5.49. The highest BCUT2D eigenvalue weighted by Gasteiger charge is 2.56. The van der Waals surface area contributed by atoms with Crippen LogP contribution in [0.2, 0.25) is 0 Å². The second-order valence-electron chi connectivity index (χ2n) is 7.40. The number of hydrogen-bond acceptors (Lipinski definition) is 6. The topological polar surface area (TPSA) is 90.7 Å². The van der Waals surface area contributed by atoms with Crippen molar-refractivity contribution in [3.63, 3.8) is 0 Å². The molecule has 8 nitrogen and oxygen atoms in total. The first-order valence-corrected chi connectivity index (χ1v) is 9.72. The van der Waals surface area contributed by atoms with Crippen molar-refractivity contribution in [2.45, 2.75) is 24.3 Å². The maximum absolute atomic E-state index is 12.6. The number of carbonyl (C=O) groups excluding carboxylic acids is 1. The van der Waals surface area contributed by atoms with Gasteiger partial charge in [0.15, 0.2) is 9.84 Å². The normalized spacial score (nSPS) is 29.7. The van der Waals surface area contributed by atoms with E-state index in [0.29, 0.717) is 32.8 Å². The minimum absolute atomic E-state index is 0.0286. The molecule has 0 aliphatic carbocycles. The van der Waals surface area contributed by atoms with E-state index in [-0.39, 0.29) is 18.3 Å². The van der Waals surface area contributed by atoms with Gasteiger partial charge >= 0.3 is 0 Å². The molecular formula is C15H21N3O5S. The summed E-state index contributed by atoms with van der Waals surface area (Å²) < 4.78 is 38.0. The van der Waals surface area contributed by atoms with E-state index in [4.69, 9.17) is 9.47 Å². The summed E-state index contributed by atoms with van der Waals surface area (Å²) in [5, 5.41) is -0.570. The maximum atomic E-state index is 12.6.